The summed E-state index contributed by atoms with van der Waals surface area (Å²) in [5, 5.41) is 0. The number of nitrogens with zero attached hydrogens (tertiary/aromatic N) is 1. The number of rotatable bonds is 2. The van der Waals surface area contributed by atoms with Crippen molar-refractivity contribution in [2.75, 3.05) is 0 Å². The first-order valence-corrected chi connectivity index (χ1v) is 6.96. The van der Waals surface area contributed by atoms with Gasteiger partial charge in [0.2, 0.25) is 0 Å². The molecule has 1 aliphatic carbocycles. The molecule has 0 amide bonds. The van der Waals surface area contributed by atoms with Gasteiger partial charge in [0.1, 0.15) is 11.6 Å². The van der Waals surface area contributed by atoms with Crippen molar-refractivity contribution in [3.63, 3.8) is 0 Å². The van der Waals surface area contributed by atoms with Gasteiger partial charge in [-0.15, -0.1) is 0 Å². The van der Waals surface area contributed by atoms with Crippen LogP contribution in [0.25, 0.3) is 0 Å². The molecule has 0 radical (unpaired) electrons. The van der Waals surface area contributed by atoms with Crippen LogP contribution >= 0.6 is 12.2 Å². The maximum absolute atomic E-state index is 13.7. The maximum atomic E-state index is 13.7. The summed E-state index contributed by atoms with van der Waals surface area (Å²) in [6.07, 6.45) is 3.73. The lowest BCUT2D eigenvalue weighted by molar-refractivity contribution is -0.00000549. The van der Waals surface area contributed by atoms with Crippen LogP contribution in [0.15, 0.2) is 18.3 Å². The lowest BCUT2D eigenvalue weighted by Crippen LogP contribution is -3.00. The molecule has 3 nitrogen and oxygen atoms in total. The number of aromatic nitrogens is 2. The Morgan fingerprint density at radius 3 is 2.86 bits per heavy atom. The number of halogens is 3. The van der Waals surface area contributed by atoms with Gasteiger partial charge in [0.15, 0.2) is 4.77 Å². The van der Waals surface area contributed by atoms with Crippen LogP contribution in [0.4, 0.5) is 8.78 Å². The Bertz CT molecular complexity index is 711. The van der Waals surface area contributed by atoms with Crippen molar-refractivity contribution in [1.82, 2.24) is 9.55 Å². The fourth-order valence-electron chi connectivity index (χ4n) is 2.98. The van der Waals surface area contributed by atoms with Gasteiger partial charge in [-0.2, -0.15) is 0 Å². The number of aromatic amines is 1. The van der Waals surface area contributed by atoms with Crippen LogP contribution in [0.3, 0.4) is 0 Å². The van der Waals surface area contributed by atoms with Gasteiger partial charge >= 0.3 is 0 Å². The third-order valence-electron chi connectivity index (χ3n) is 3.90. The molecular formula is C14H15ClF2N3S-. The average Bonchev–Trinajstić information content (AvgIpc) is 2.78. The Balaban J connectivity index is 0.00000161. The van der Waals surface area contributed by atoms with Crippen LogP contribution in [0.2, 0.25) is 0 Å². The minimum absolute atomic E-state index is 0. The molecule has 1 heterocycles. The Morgan fingerprint density at radius 1 is 1.38 bits per heavy atom. The molecule has 0 fully saturated rings. The van der Waals surface area contributed by atoms with E-state index >= 15 is 0 Å². The number of fused-ring (bicyclic) bond motifs is 1. The number of imidazole rings is 1. The highest BCUT2D eigenvalue weighted by molar-refractivity contribution is 7.71. The van der Waals surface area contributed by atoms with Gasteiger partial charge in [0, 0.05) is 24.8 Å². The fourth-order valence-corrected chi connectivity index (χ4v) is 3.30. The Kier molecular flexibility index (Phi) is 4.81. The molecule has 0 saturated carbocycles. The summed E-state index contributed by atoms with van der Waals surface area (Å²) in [6.45, 7) is 0.383. The number of benzene rings is 1. The Morgan fingerprint density at radius 2 is 2.14 bits per heavy atom. The summed E-state index contributed by atoms with van der Waals surface area (Å²) < 4.78 is 29.7. The molecule has 1 aromatic heterocycles. The zero-order valence-electron chi connectivity index (χ0n) is 11.2. The van der Waals surface area contributed by atoms with Crippen LogP contribution in [0, 0.1) is 16.4 Å². The van der Waals surface area contributed by atoms with E-state index in [9.17, 15) is 8.78 Å². The largest absolute Gasteiger partial charge is 1.00 e. The first-order chi connectivity index (χ1) is 9.60. The summed E-state index contributed by atoms with van der Waals surface area (Å²) >= 11 is 5.27. The SMILES string of the molecule is NCc1c[nH]c(=S)n1[C@H]1CCc2c(F)cc(F)cc2C1.[Cl-]. The second-order valence-corrected chi connectivity index (χ2v) is 5.47. The smallest absolute Gasteiger partial charge is 0.177 e. The standard InChI is InChI=1S/C14H15F2N3S.ClH/c15-9-3-8-4-10(1-2-12(8)13(16)5-9)19-11(6-17)7-18-14(19)20;/h3,5,7,10H,1-2,4,6,17H2,(H,18,20);1H/p-1/t10-;/m0./s1. The van der Waals surface area contributed by atoms with Gasteiger partial charge in [-0.05, 0) is 48.7 Å². The first kappa shape index (κ1) is 16.1. The highest BCUT2D eigenvalue weighted by Gasteiger charge is 2.24. The molecule has 1 aliphatic rings. The van der Waals surface area contributed by atoms with Crippen LogP contribution in [0.5, 0.6) is 0 Å². The highest BCUT2D eigenvalue weighted by atomic mass is 35.5. The van der Waals surface area contributed by atoms with Crippen molar-refractivity contribution in [3.05, 3.63) is 51.6 Å². The van der Waals surface area contributed by atoms with Crippen molar-refractivity contribution in [2.24, 2.45) is 5.73 Å². The van der Waals surface area contributed by atoms with E-state index in [1.54, 1.807) is 6.20 Å². The minimum atomic E-state index is -0.529. The van der Waals surface area contributed by atoms with E-state index in [-0.39, 0.29) is 18.4 Å². The van der Waals surface area contributed by atoms with E-state index in [0.717, 1.165) is 23.7 Å². The summed E-state index contributed by atoms with van der Waals surface area (Å²) in [6, 6.07) is 2.47. The molecule has 1 atom stereocenters. The summed E-state index contributed by atoms with van der Waals surface area (Å²) in [5.41, 5.74) is 7.97. The van der Waals surface area contributed by atoms with Crippen LogP contribution in [-0.4, -0.2) is 9.55 Å². The van der Waals surface area contributed by atoms with E-state index in [1.807, 2.05) is 4.57 Å². The molecule has 3 rings (SSSR count). The topological polar surface area (TPSA) is 46.7 Å². The second-order valence-electron chi connectivity index (χ2n) is 5.08. The Hall–Kier alpha value is -1.24. The summed E-state index contributed by atoms with van der Waals surface area (Å²) in [5.74, 6) is -0.978. The molecule has 0 unspecified atom stereocenters. The number of hydrogen-bond donors (Lipinski definition) is 2. The lowest BCUT2D eigenvalue weighted by atomic mass is 9.87. The van der Waals surface area contributed by atoms with Gasteiger partial charge in [-0.25, -0.2) is 8.78 Å². The summed E-state index contributed by atoms with van der Waals surface area (Å²) in [4.78, 5) is 2.98. The van der Waals surface area contributed by atoms with Gasteiger partial charge in [-0.3, -0.25) is 0 Å². The van der Waals surface area contributed by atoms with E-state index in [4.69, 9.17) is 18.0 Å². The van der Waals surface area contributed by atoms with Crippen LogP contribution in [0.1, 0.15) is 29.3 Å². The average molecular weight is 331 g/mol. The quantitative estimate of drug-likeness (QED) is 0.763. The molecule has 0 bridgehead atoms. The van der Waals surface area contributed by atoms with E-state index in [2.05, 4.69) is 4.98 Å². The molecule has 1 aromatic carbocycles. The number of hydrogen-bond acceptors (Lipinski definition) is 2. The van der Waals surface area contributed by atoms with Crippen molar-refractivity contribution in [1.29, 1.82) is 0 Å². The van der Waals surface area contributed by atoms with Gasteiger partial charge < -0.3 is 27.7 Å². The molecule has 0 spiro atoms. The van der Waals surface area contributed by atoms with E-state index in [1.165, 1.54) is 6.07 Å². The fraction of sp³-hybridized carbons (Fsp3) is 0.357. The van der Waals surface area contributed by atoms with Crippen LogP contribution in [-0.2, 0) is 19.4 Å². The lowest BCUT2D eigenvalue weighted by Gasteiger charge is -2.27. The van der Waals surface area contributed by atoms with Crippen molar-refractivity contribution in [2.45, 2.75) is 31.8 Å². The second kappa shape index (κ2) is 6.25. The zero-order chi connectivity index (χ0) is 14.3. The molecule has 3 N–H and O–H groups in total. The first-order valence-electron chi connectivity index (χ1n) is 6.55. The number of nitrogens with two attached hydrogens (primary N) is 1. The molecule has 21 heavy (non-hydrogen) atoms. The zero-order valence-corrected chi connectivity index (χ0v) is 12.8. The third kappa shape index (κ3) is 2.88. The number of H-pyrrole nitrogens is 1. The van der Waals surface area contributed by atoms with Gasteiger partial charge in [-0.1, -0.05) is 0 Å². The molecule has 0 aliphatic heterocycles. The highest BCUT2D eigenvalue weighted by Crippen LogP contribution is 2.32. The maximum Gasteiger partial charge on any atom is 0.177 e. The van der Waals surface area contributed by atoms with Crippen molar-refractivity contribution < 1.29 is 21.2 Å². The number of nitrogens with one attached hydrogen (secondary N) is 1. The Labute approximate surface area is 132 Å². The normalized spacial score (nSPS) is 17.2. The molecular weight excluding hydrogens is 316 g/mol. The predicted molar refractivity (Wildman–Crippen MR) is 74.9 cm³/mol. The van der Waals surface area contributed by atoms with Crippen LogP contribution < -0.4 is 18.1 Å². The predicted octanol–water partition coefficient (Wildman–Crippen LogP) is 0.0166. The van der Waals surface area contributed by atoms with Crippen molar-refractivity contribution in [3.8, 4) is 0 Å². The molecule has 0 saturated heterocycles. The molecule has 114 valence electrons. The van der Waals surface area contributed by atoms with E-state index in [0.29, 0.717) is 29.7 Å². The third-order valence-corrected chi connectivity index (χ3v) is 4.22. The van der Waals surface area contributed by atoms with E-state index < -0.39 is 11.6 Å². The molecule has 2 aromatic rings. The molecule has 7 heteroatoms. The van der Waals surface area contributed by atoms with Gasteiger partial charge in [0.05, 0.1) is 5.69 Å². The summed E-state index contributed by atoms with van der Waals surface area (Å²) in [7, 11) is 0. The monoisotopic (exact) mass is 330 g/mol. The minimum Gasteiger partial charge on any atom is -1.00 e. The van der Waals surface area contributed by atoms with Gasteiger partial charge in [0.25, 0.3) is 0 Å². The van der Waals surface area contributed by atoms with Crippen molar-refractivity contribution >= 4 is 12.2 Å².